The van der Waals surface area contributed by atoms with E-state index in [9.17, 15) is 13.2 Å². The monoisotopic (exact) mass is 472 g/mol. The van der Waals surface area contributed by atoms with Gasteiger partial charge in [-0.05, 0) is 61.2 Å². The summed E-state index contributed by atoms with van der Waals surface area (Å²) in [6.07, 6.45) is 6.09. The highest BCUT2D eigenvalue weighted by molar-refractivity contribution is 7.92. The van der Waals surface area contributed by atoms with Crippen LogP contribution in [0.4, 0.5) is 5.69 Å². The first-order valence-electron chi connectivity index (χ1n) is 10.5. The van der Waals surface area contributed by atoms with Crippen LogP contribution in [0, 0.1) is 0 Å². The molecule has 0 atom stereocenters. The zero-order valence-corrected chi connectivity index (χ0v) is 19.4. The molecule has 4 rings (SSSR count). The Hall–Kier alpha value is -2.84. The summed E-state index contributed by atoms with van der Waals surface area (Å²) in [5.41, 5.74) is 1.74. The van der Waals surface area contributed by atoms with Crippen LogP contribution in [-0.2, 0) is 23.6 Å². The molecule has 168 valence electrons. The largest absolute Gasteiger partial charge is 0.339 e. The number of aryl methyl sites for hydroxylation is 1. The topological polar surface area (TPSA) is 75.5 Å². The third kappa shape index (κ3) is 4.81. The van der Waals surface area contributed by atoms with Crippen molar-refractivity contribution in [2.45, 2.75) is 30.8 Å². The maximum atomic E-state index is 13.4. The van der Waals surface area contributed by atoms with Gasteiger partial charge in [-0.1, -0.05) is 23.7 Å². The fraction of sp³-hybridized carbons (Fsp3) is 0.304. The number of halogens is 1. The summed E-state index contributed by atoms with van der Waals surface area (Å²) in [5.74, 6) is -0.0229. The first-order chi connectivity index (χ1) is 15.3. The second kappa shape index (κ2) is 9.34. The van der Waals surface area contributed by atoms with E-state index in [-0.39, 0.29) is 17.5 Å². The second-order valence-electron chi connectivity index (χ2n) is 7.92. The lowest BCUT2D eigenvalue weighted by Gasteiger charge is -2.27. The van der Waals surface area contributed by atoms with Crippen LogP contribution >= 0.6 is 11.6 Å². The lowest BCUT2D eigenvalue weighted by Crippen LogP contribution is -2.35. The van der Waals surface area contributed by atoms with Gasteiger partial charge in [-0.25, -0.2) is 4.98 Å². The van der Waals surface area contributed by atoms with Crippen molar-refractivity contribution in [3.63, 3.8) is 0 Å². The van der Waals surface area contributed by atoms with Gasteiger partial charge in [-0.15, -0.1) is 0 Å². The first-order valence-corrected chi connectivity index (χ1v) is 12.3. The molecule has 1 amide bonds. The average Bonchev–Trinajstić information content (AvgIpc) is 3.25. The third-order valence-corrected chi connectivity index (χ3v) is 7.39. The van der Waals surface area contributed by atoms with Crippen LogP contribution in [0.3, 0.4) is 0 Å². The van der Waals surface area contributed by atoms with Gasteiger partial charge in [-0.2, -0.15) is 8.42 Å². The summed E-state index contributed by atoms with van der Waals surface area (Å²) >= 11 is 6.11. The van der Waals surface area contributed by atoms with E-state index in [1.807, 2.05) is 11.0 Å². The van der Waals surface area contributed by atoms with E-state index in [1.54, 1.807) is 54.1 Å². The highest BCUT2D eigenvalue weighted by Crippen LogP contribution is 2.27. The Morgan fingerprint density at radius 2 is 1.81 bits per heavy atom. The molecule has 3 aromatic rings. The maximum absolute atomic E-state index is 13.4. The Labute approximate surface area is 193 Å². The number of carbonyl (C=O) groups is 1. The Morgan fingerprint density at radius 1 is 1.09 bits per heavy atom. The van der Waals surface area contributed by atoms with Crippen LogP contribution in [0.15, 0.2) is 66.1 Å². The second-order valence-corrected chi connectivity index (χ2v) is 10.2. The van der Waals surface area contributed by atoms with E-state index in [0.717, 1.165) is 37.9 Å². The molecule has 32 heavy (non-hydrogen) atoms. The number of likely N-dealkylation sites (tertiary alicyclic amines) is 1. The molecule has 7 nitrogen and oxygen atoms in total. The van der Waals surface area contributed by atoms with Gasteiger partial charge in [0.25, 0.3) is 15.9 Å². The van der Waals surface area contributed by atoms with Crippen LogP contribution in [-0.4, -0.2) is 41.9 Å². The number of benzene rings is 2. The fourth-order valence-corrected chi connectivity index (χ4v) is 5.44. The van der Waals surface area contributed by atoms with Gasteiger partial charge in [0.15, 0.2) is 5.03 Å². The van der Waals surface area contributed by atoms with Crippen molar-refractivity contribution >= 4 is 33.2 Å². The van der Waals surface area contributed by atoms with Crippen LogP contribution in [0.2, 0.25) is 5.02 Å². The molecule has 0 bridgehead atoms. The standard InChI is InChI=1S/C23H25ClN4O3S/c1-26-16-22(25-17-26)32(30,31)28(15-18-6-5-7-20(24)14-18)21-10-8-19(9-11-21)23(29)27-12-3-2-4-13-27/h5-11,14,16-17H,2-4,12-13,15H2,1H3. The molecule has 0 unspecified atom stereocenters. The minimum absolute atomic E-state index is 0.0229. The highest BCUT2D eigenvalue weighted by Gasteiger charge is 2.28. The van der Waals surface area contributed by atoms with Crippen LogP contribution < -0.4 is 4.31 Å². The molecule has 9 heteroatoms. The lowest BCUT2D eigenvalue weighted by molar-refractivity contribution is 0.0724. The summed E-state index contributed by atoms with van der Waals surface area (Å²) in [6, 6.07) is 13.8. The number of rotatable bonds is 6. The van der Waals surface area contributed by atoms with E-state index in [0.29, 0.717) is 16.3 Å². The SMILES string of the molecule is Cn1cnc(S(=O)(=O)N(Cc2cccc(Cl)c2)c2ccc(C(=O)N3CCCCC3)cc2)c1. The van der Waals surface area contributed by atoms with E-state index in [4.69, 9.17) is 11.6 Å². The molecule has 0 spiro atoms. The van der Waals surface area contributed by atoms with Gasteiger partial charge in [-0.3, -0.25) is 9.10 Å². The number of sulfonamides is 1. The van der Waals surface area contributed by atoms with Crippen molar-refractivity contribution in [1.29, 1.82) is 0 Å². The summed E-state index contributed by atoms with van der Waals surface area (Å²) in [4.78, 5) is 18.7. The first kappa shape index (κ1) is 22.4. The Morgan fingerprint density at radius 3 is 2.44 bits per heavy atom. The summed E-state index contributed by atoms with van der Waals surface area (Å²) in [6.45, 7) is 1.60. The molecule has 0 aliphatic carbocycles. The van der Waals surface area contributed by atoms with Crippen LogP contribution in [0.25, 0.3) is 0 Å². The molecule has 1 aromatic heterocycles. The smallest absolute Gasteiger partial charge is 0.283 e. The number of amides is 1. The molecule has 1 saturated heterocycles. The van der Waals surface area contributed by atoms with Crippen molar-refractivity contribution in [2.24, 2.45) is 7.05 Å². The zero-order valence-electron chi connectivity index (χ0n) is 17.8. The predicted molar refractivity (Wildman–Crippen MR) is 124 cm³/mol. The number of aromatic nitrogens is 2. The van der Waals surface area contributed by atoms with E-state index in [2.05, 4.69) is 4.98 Å². The Kier molecular flexibility index (Phi) is 6.53. The molecule has 2 aromatic carbocycles. The van der Waals surface area contributed by atoms with Gasteiger partial charge in [0, 0.05) is 36.9 Å². The molecule has 1 fully saturated rings. The summed E-state index contributed by atoms with van der Waals surface area (Å²) in [7, 11) is -2.22. The van der Waals surface area contributed by atoms with Crippen molar-refractivity contribution < 1.29 is 13.2 Å². The molecule has 2 heterocycles. The van der Waals surface area contributed by atoms with Crippen LogP contribution in [0.1, 0.15) is 35.2 Å². The molecule has 0 N–H and O–H groups in total. The Bertz CT molecular complexity index is 1200. The number of nitrogens with zero attached hydrogens (tertiary/aromatic N) is 4. The average molecular weight is 473 g/mol. The number of imidazole rings is 1. The van der Waals surface area contributed by atoms with Gasteiger partial charge >= 0.3 is 0 Å². The number of hydrogen-bond acceptors (Lipinski definition) is 4. The summed E-state index contributed by atoms with van der Waals surface area (Å²) < 4.78 is 29.8. The number of piperidine rings is 1. The minimum Gasteiger partial charge on any atom is -0.339 e. The Balaban J connectivity index is 1.67. The normalized spacial score (nSPS) is 14.4. The fourth-order valence-electron chi connectivity index (χ4n) is 3.80. The van der Waals surface area contributed by atoms with Gasteiger partial charge in [0.05, 0.1) is 18.6 Å². The predicted octanol–water partition coefficient (Wildman–Crippen LogP) is 4.10. The molecule has 0 radical (unpaired) electrons. The van der Waals surface area contributed by atoms with E-state index < -0.39 is 10.0 Å². The van der Waals surface area contributed by atoms with Gasteiger partial charge in [0.1, 0.15) is 0 Å². The van der Waals surface area contributed by atoms with E-state index in [1.165, 1.54) is 16.8 Å². The maximum Gasteiger partial charge on any atom is 0.283 e. The summed E-state index contributed by atoms with van der Waals surface area (Å²) in [5, 5.41) is 0.482. The number of carbonyl (C=O) groups excluding carboxylic acids is 1. The minimum atomic E-state index is -3.93. The van der Waals surface area contributed by atoms with Crippen molar-refractivity contribution in [3.05, 3.63) is 77.2 Å². The van der Waals surface area contributed by atoms with Gasteiger partial charge in [0.2, 0.25) is 0 Å². The van der Waals surface area contributed by atoms with E-state index >= 15 is 0 Å². The number of anilines is 1. The number of hydrogen-bond donors (Lipinski definition) is 0. The van der Waals surface area contributed by atoms with Crippen LogP contribution in [0.5, 0.6) is 0 Å². The molecule has 1 aliphatic rings. The molecule has 1 aliphatic heterocycles. The van der Waals surface area contributed by atoms with Crippen molar-refractivity contribution in [1.82, 2.24) is 14.5 Å². The quantitative estimate of drug-likeness (QED) is 0.541. The van der Waals surface area contributed by atoms with Crippen molar-refractivity contribution in [3.8, 4) is 0 Å². The van der Waals surface area contributed by atoms with Crippen molar-refractivity contribution in [2.75, 3.05) is 17.4 Å². The zero-order chi connectivity index (χ0) is 22.7. The highest BCUT2D eigenvalue weighted by atomic mass is 35.5. The van der Waals surface area contributed by atoms with Gasteiger partial charge < -0.3 is 9.47 Å². The molecule has 0 saturated carbocycles. The lowest BCUT2D eigenvalue weighted by atomic mass is 10.1. The molecular formula is C23H25ClN4O3S. The molecular weight excluding hydrogens is 448 g/mol. The third-order valence-electron chi connectivity index (χ3n) is 5.50.